The summed E-state index contributed by atoms with van der Waals surface area (Å²) in [5.41, 5.74) is 2.63. The molecule has 1 aromatic carbocycles. The summed E-state index contributed by atoms with van der Waals surface area (Å²) in [4.78, 5) is 13.1. The van der Waals surface area contributed by atoms with Gasteiger partial charge in [0.2, 0.25) is 5.95 Å². The van der Waals surface area contributed by atoms with E-state index in [2.05, 4.69) is 34.1 Å². The molecule has 3 aromatic rings. The zero-order valence-electron chi connectivity index (χ0n) is 10.9. The Morgan fingerprint density at radius 3 is 2.63 bits per heavy atom. The van der Waals surface area contributed by atoms with Crippen LogP contribution in [-0.4, -0.2) is 19.5 Å². The molecule has 3 rings (SSSR count). The van der Waals surface area contributed by atoms with E-state index >= 15 is 0 Å². The number of benzene rings is 1. The van der Waals surface area contributed by atoms with Crippen LogP contribution in [0.2, 0.25) is 0 Å². The normalized spacial score (nSPS) is 11.1. The van der Waals surface area contributed by atoms with Crippen LogP contribution >= 0.6 is 0 Å². The highest BCUT2D eigenvalue weighted by Crippen LogP contribution is 2.18. The number of hydrogen-bond donors (Lipinski definition) is 1. The summed E-state index contributed by atoms with van der Waals surface area (Å²) in [6.07, 6.45) is 3.54. The lowest BCUT2D eigenvalue weighted by Gasteiger charge is -2.08. The molecular formula is C14H15N5. The van der Waals surface area contributed by atoms with Crippen LogP contribution in [0.4, 0.5) is 11.6 Å². The second-order valence-corrected chi connectivity index (χ2v) is 4.64. The summed E-state index contributed by atoms with van der Waals surface area (Å²) >= 11 is 0. The van der Waals surface area contributed by atoms with Gasteiger partial charge >= 0.3 is 0 Å². The topological polar surface area (TPSA) is 55.6 Å². The molecule has 0 radical (unpaired) electrons. The maximum absolute atomic E-state index is 4.53. The van der Waals surface area contributed by atoms with Gasteiger partial charge in [-0.2, -0.15) is 4.98 Å². The Hall–Kier alpha value is -2.43. The van der Waals surface area contributed by atoms with Crippen molar-refractivity contribution in [2.45, 2.75) is 19.9 Å². The van der Waals surface area contributed by atoms with Crippen LogP contribution < -0.4 is 5.32 Å². The highest BCUT2D eigenvalue weighted by Gasteiger charge is 2.08. The Morgan fingerprint density at radius 2 is 1.89 bits per heavy atom. The van der Waals surface area contributed by atoms with E-state index in [-0.39, 0.29) is 0 Å². The third kappa shape index (κ3) is 2.27. The minimum atomic E-state index is 0.324. The summed E-state index contributed by atoms with van der Waals surface area (Å²) in [6, 6.07) is 10.2. The van der Waals surface area contributed by atoms with E-state index in [4.69, 9.17) is 0 Å². The number of nitrogens with one attached hydrogen (secondary N) is 1. The minimum absolute atomic E-state index is 0.324. The Labute approximate surface area is 111 Å². The van der Waals surface area contributed by atoms with Crippen molar-refractivity contribution in [3.63, 3.8) is 0 Å². The molecule has 2 heterocycles. The first-order valence-corrected chi connectivity index (χ1v) is 6.25. The van der Waals surface area contributed by atoms with E-state index in [1.807, 2.05) is 34.9 Å². The molecule has 0 atom stereocenters. The molecule has 1 N–H and O–H groups in total. The van der Waals surface area contributed by atoms with Gasteiger partial charge in [0.15, 0.2) is 5.65 Å². The summed E-state index contributed by atoms with van der Waals surface area (Å²) in [5, 5.41) is 3.19. The molecule has 0 aliphatic rings. The van der Waals surface area contributed by atoms with Crippen LogP contribution in [0.15, 0.2) is 42.9 Å². The Balaban J connectivity index is 1.99. The predicted octanol–water partition coefficient (Wildman–Crippen LogP) is 3.15. The van der Waals surface area contributed by atoms with Crippen LogP contribution in [0.5, 0.6) is 0 Å². The second kappa shape index (κ2) is 4.68. The van der Waals surface area contributed by atoms with Gasteiger partial charge in [-0.3, -0.25) is 0 Å². The molecule has 0 unspecified atom stereocenters. The van der Waals surface area contributed by atoms with Crippen molar-refractivity contribution in [1.29, 1.82) is 0 Å². The van der Waals surface area contributed by atoms with E-state index in [9.17, 15) is 0 Å². The number of anilines is 2. The molecule has 0 amide bonds. The Bertz CT molecular complexity index is 687. The highest BCUT2D eigenvalue weighted by atomic mass is 15.2. The first-order chi connectivity index (χ1) is 9.24. The van der Waals surface area contributed by atoms with Crippen molar-refractivity contribution in [1.82, 2.24) is 19.5 Å². The summed E-state index contributed by atoms with van der Waals surface area (Å²) in [6.45, 7) is 4.21. The van der Waals surface area contributed by atoms with Gasteiger partial charge in [-0.1, -0.05) is 18.2 Å². The fourth-order valence-electron chi connectivity index (χ4n) is 1.92. The number of imidazole rings is 1. The Kier molecular flexibility index (Phi) is 2.87. The molecule has 0 aliphatic carbocycles. The van der Waals surface area contributed by atoms with Crippen molar-refractivity contribution in [2.24, 2.45) is 0 Å². The smallest absolute Gasteiger partial charge is 0.229 e. The van der Waals surface area contributed by atoms with Gasteiger partial charge in [-0.05, 0) is 26.0 Å². The highest BCUT2D eigenvalue weighted by molar-refractivity contribution is 5.71. The molecular weight excluding hydrogens is 238 g/mol. The van der Waals surface area contributed by atoms with Gasteiger partial charge in [0.1, 0.15) is 5.52 Å². The zero-order valence-corrected chi connectivity index (χ0v) is 10.9. The monoisotopic (exact) mass is 253 g/mol. The number of fused-ring (bicyclic) bond motifs is 1. The fraction of sp³-hybridized carbons (Fsp3) is 0.214. The lowest BCUT2D eigenvalue weighted by atomic mass is 10.3. The van der Waals surface area contributed by atoms with Crippen LogP contribution in [0, 0.1) is 0 Å². The maximum Gasteiger partial charge on any atom is 0.229 e. The average molecular weight is 253 g/mol. The summed E-state index contributed by atoms with van der Waals surface area (Å²) in [5.74, 6) is 0.584. The summed E-state index contributed by atoms with van der Waals surface area (Å²) < 4.78 is 2.03. The van der Waals surface area contributed by atoms with E-state index in [0.717, 1.165) is 16.9 Å². The molecule has 5 heteroatoms. The van der Waals surface area contributed by atoms with Crippen LogP contribution in [-0.2, 0) is 0 Å². The standard InChI is InChI=1S/C14H15N5/c1-10(2)19-9-16-12-8-15-14(18-13(12)19)17-11-6-4-3-5-7-11/h3-10H,1-2H3,(H,15,17,18). The average Bonchev–Trinajstić information content (AvgIpc) is 2.83. The predicted molar refractivity (Wildman–Crippen MR) is 75.4 cm³/mol. The summed E-state index contributed by atoms with van der Waals surface area (Å²) in [7, 11) is 0. The third-order valence-electron chi connectivity index (χ3n) is 2.90. The third-order valence-corrected chi connectivity index (χ3v) is 2.90. The molecule has 0 aliphatic heterocycles. The molecule has 19 heavy (non-hydrogen) atoms. The quantitative estimate of drug-likeness (QED) is 0.779. The molecule has 0 saturated heterocycles. The molecule has 5 nitrogen and oxygen atoms in total. The molecule has 0 bridgehead atoms. The van der Waals surface area contributed by atoms with Crippen molar-refractivity contribution >= 4 is 22.8 Å². The Morgan fingerprint density at radius 1 is 1.11 bits per heavy atom. The van der Waals surface area contributed by atoms with E-state index in [1.165, 1.54) is 0 Å². The SMILES string of the molecule is CC(C)n1cnc2cnc(Nc3ccccc3)nc21. The number of nitrogens with zero attached hydrogens (tertiary/aromatic N) is 4. The van der Waals surface area contributed by atoms with Crippen LogP contribution in [0.3, 0.4) is 0 Å². The van der Waals surface area contributed by atoms with Gasteiger partial charge < -0.3 is 9.88 Å². The number of rotatable bonds is 3. The number of hydrogen-bond acceptors (Lipinski definition) is 4. The van der Waals surface area contributed by atoms with Gasteiger partial charge in [-0.15, -0.1) is 0 Å². The van der Waals surface area contributed by atoms with Crippen molar-refractivity contribution in [3.05, 3.63) is 42.9 Å². The first-order valence-electron chi connectivity index (χ1n) is 6.25. The van der Waals surface area contributed by atoms with E-state index in [0.29, 0.717) is 12.0 Å². The molecule has 2 aromatic heterocycles. The van der Waals surface area contributed by atoms with Gasteiger partial charge in [0.05, 0.1) is 12.5 Å². The van der Waals surface area contributed by atoms with Crippen molar-refractivity contribution < 1.29 is 0 Å². The van der Waals surface area contributed by atoms with Crippen molar-refractivity contribution in [3.8, 4) is 0 Å². The lowest BCUT2D eigenvalue weighted by Crippen LogP contribution is -2.02. The molecule has 0 spiro atoms. The maximum atomic E-state index is 4.53. The van der Waals surface area contributed by atoms with Gasteiger partial charge in [-0.25, -0.2) is 9.97 Å². The zero-order chi connectivity index (χ0) is 13.2. The first kappa shape index (κ1) is 11.6. The van der Waals surface area contributed by atoms with Gasteiger partial charge in [0, 0.05) is 11.7 Å². The second-order valence-electron chi connectivity index (χ2n) is 4.64. The van der Waals surface area contributed by atoms with E-state index in [1.54, 1.807) is 12.5 Å². The van der Waals surface area contributed by atoms with Crippen LogP contribution in [0.25, 0.3) is 11.2 Å². The van der Waals surface area contributed by atoms with E-state index < -0.39 is 0 Å². The molecule has 0 fully saturated rings. The van der Waals surface area contributed by atoms with Crippen LogP contribution in [0.1, 0.15) is 19.9 Å². The largest absolute Gasteiger partial charge is 0.324 e. The lowest BCUT2D eigenvalue weighted by molar-refractivity contribution is 0.613. The molecule has 96 valence electrons. The van der Waals surface area contributed by atoms with Crippen molar-refractivity contribution in [2.75, 3.05) is 5.32 Å². The molecule has 0 saturated carbocycles. The number of para-hydroxylation sites is 1. The fourth-order valence-corrected chi connectivity index (χ4v) is 1.92. The number of aromatic nitrogens is 4. The van der Waals surface area contributed by atoms with Gasteiger partial charge in [0.25, 0.3) is 0 Å². The minimum Gasteiger partial charge on any atom is -0.324 e.